The van der Waals surface area contributed by atoms with Gasteiger partial charge in [0.15, 0.2) is 0 Å². The molecule has 2 atom stereocenters. The molecule has 0 aromatic heterocycles. The molecule has 63 heavy (non-hydrogen) atoms. The zero-order valence-corrected chi connectivity index (χ0v) is 34.8. The second-order valence-corrected chi connectivity index (χ2v) is 16.8. The molecule has 0 amide bonds. The SMILES string of the molecule is c1ccc(-c2cc(-c3ccccc3)cc(N(c3ccccc3)c3cccc(C4(c5ccccc5)c5ccccc5C5(c6ccccc6)c6ccccc6-c6cccc4c65)c3)c2)cc1. The number of hydrogen-bond acceptors (Lipinski definition) is 1. The third-order valence-electron chi connectivity index (χ3n) is 13.6. The van der Waals surface area contributed by atoms with Crippen molar-refractivity contribution in [1.82, 2.24) is 0 Å². The van der Waals surface area contributed by atoms with Crippen molar-refractivity contribution in [3.05, 3.63) is 305 Å². The highest BCUT2D eigenvalue weighted by Crippen LogP contribution is 2.66. The van der Waals surface area contributed by atoms with Gasteiger partial charge in [0.2, 0.25) is 0 Å². The maximum absolute atomic E-state index is 2.46. The fraction of sp³-hybridized carbons (Fsp3) is 0.0323. The summed E-state index contributed by atoms with van der Waals surface area (Å²) in [6, 6.07) is 96.6. The van der Waals surface area contributed by atoms with Crippen LogP contribution in [0, 0.1) is 0 Å². The van der Waals surface area contributed by atoms with E-state index in [1.54, 1.807) is 0 Å². The highest BCUT2D eigenvalue weighted by atomic mass is 15.1. The zero-order chi connectivity index (χ0) is 41.8. The van der Waals surface area contributed by atoms with Crippen molar-refractivity contribution in [2.24, 2.45) is 0 Å². The summed E-state index contributed by atoms with van der Waals surface area (Å²) in [4.78, 5) is 2.44. The maximum atomic E-state index is 2.46. The van der Waals surface area contributed by atoms with E-state index >= 15 is 0 Å². The maximum Gasteiger partial charge on any atom is 0.0720 e. The van der Waals surface area contributed by atoms with E-state index in [1.165, 1.54) is 77.9 Å². The second-order valence-electron chi connectivity index (χ2n) is 16.8. The quantitative estimate of drug-likeness (QED) is 0.148. The molecule has 0 spiro atoms. The van der Waals surface area contributed by atoms with Gasteiger partial charge in [-0.1, -0.05) is 218 Å². The van der Waals surface area contributed by atoms with Crippen LogP contribution in [0.4, 0.5) is 17.1 Å². The van der Waals surface area contributed by atoms with Crippen molar-refractivity contribution >= 4 is 17.1 Å². The molecule has 0 radical (unpaired) electrons. The number of hydrogen-bond donors (Lipinski definition) is 0. The molecule has 2 aliphatic carbocycles. The van der Waals surface area contributed by atoms with Gasteiger partial charge < -0.3 is 4.90 Å². The van der Waals surface area contributed by atoms with E-state index in [0.717, 1.165) is 17.1 Å². The second kappa shape index (κ2) is 14.9. The van der Waals surface area contributed by atoms with Gasteiger partial charge in [-0.25, -0.2) is 0 Å². The average Bonchev–Trinajstić information content (AvgIpc) is 3.68. The van der Waals surface area contributed by atoms with Crippen LogP contribution in [0.1, 0.15) is 44.5 Å². The van der Waals surface area contributed by atoms with E-state index in [4.69, 9.17) is 0 Å². The molecule has 0 saturated carbocycles. The van der Waals surface area contributed by atoms with Crippen LogP contribution in [0.2, 0.25) is 0 Å². The van der Waals surface area contributed by atoms with E-state index in [2.05, 4.69) is 266 Å². The number of anilines is 3. The van der Waals surface area contributed by atoms with Gasteiger partial charge in [0.05, 0.1) is 10.8 Å². The fourth-order valence-corrected chi connectivity index (χ4v) is 11.1. The summed E-state index contributed by atoms with van der Waals surface area (Å²) in [6.07, 6.45) is 0. The molecule has 0 heterocycles. The van der Waals surface area contributed by atoms with E-state index in [9.17, 15) is 0 Å². The Morgan fingerprint density at radius 2 is 0.667 bits per heavy atom. The molecular weight excluding hydrogens is 759 g/mol. The molecular formula is C62H43N. The van der Waals surface area contributed by atoms with Gasteiger partial charge in [-0.05, 0) is 120 Å². The largest absolute Gasteiger partial charge is 0.310 e. The highest BCUT2D eigenvalue weighted by Gasteiger charge is 2.57. The number of rotatable bonds is 8. The van der Waals surface area contributed by atoms with Gasteiger partial charge in [0.1, 0.15) is 0 Å². The Morgan fingerprint density at radius 1 is 0.238 bits per heavy atom. The van der Waals surface area contributed by atoms with Gasteiger partial charge >= 0.3 is 0 Å². The first kappa shape index (κ1) is 36.8. The van der Waals surface area contributed by atoms with E-state index in [-0.39, 0.29) is 0 Å². The summed E-state index contributed by atoms with van der Waals surface area (Å²) in [7, 11) is 0. The Morgan fingerprint density at radius 3 is 1.29 bits per heavy atom. The summed E-state index contributed by atoms with van der Waals surface area (Å²) < 4.78 is 0. The Balaban J connectivity index is 1.16. The van der Waals surface area contributed by atoms with Crippen LogP contribution < -0.4 is 4.90 Å². The lowest BCUT2D eigenvalue weighted by Crippen LogP contribution is -2.44. The molecule has 10 aromatic carbocycles. The van der Waals surface area contributed by atoms with Gasteiger partial charge in [-0.15, -0.1) is 0 Å². The Hall–Kier alpha value is -8.00. The van der Waals surface area contributed by atoms with Crippen molar-refractivity contribution in [2.75, 3.05) is 4.90 Å². The molecule has 12 rings (SSSR count). The molecule has 0 N–H and O–H groups in total. The number of para-hydroxylation sites is 1. The molecule has 0 bridgehead atoms. The van der Waals surface area contributed by atoms with Crippen molar-refractivity contribution in [3.8, 4) is 33.4 Å². The summed E-state index contributed by atoms with van der Waals surface area (Å²) in [5.41, 5.74) is 19.8. The van der Waals surface area contributed by atoms with Crippen molar-refractivity contribution in [2.45, 2.75) is 10.8 Å². The monoisotopic (exact) mass is 801 g/mol. The van der Waals surface area contributed by atoms with Crippen molar-refractivity contribution in [3.63, 3.8) is 0 Å². The van der Waals surface area contributed by atoms with Crippen LogP contribution >= 0.6 is 0 Å². The minimum Gasteiger partial charge on any atom is -0.310 e. The van der Waals surface area contributed by atoms with Crippen LogP contribution in [-0.2, 0) is 10.8 Å². The molecule has 2 unspecified atom stereocenters. The molecule has 1 nitrogen and oxygen atoms in total. The first-order valence-electron chi connectivity index (χ1n) is 21.9. The summed E-state index contributed by atoms with van der Waals surface area (Å²) in [5, 5.41) is 0. The van der Waals surface area contributed by atoms with Gasteiger partial charge in [0.25, 0.3) is 0 Å². The van der Waals surface area contributed by atoms with Crippen molar-refractivity contribution < 1.29 is 0 Å². The third kappa shape index (κ3) is 5.56. The van der Waals surface area contributed by atoms with Crippen LogP contribution in [0.3, 0.4) is 0 Å². The first-order chi connectivity index (χ1) is 31.3. The number of nitrogens with zero attached hydrogens (tertiary/aromatic N) is 1. The fourth-order valence-electron chi connectivity index (χ4n) is 11.1. The van der Waals surface area contributed by atoms with Crippen LogP contribution in [0.5, 0.6) is 0 Å². The molecule has 296 valence electrons. The van der Waals surface area contributed by atoms with Crippen LogP contribution in [0.15, 0.2) is 261 Å². The average molecular weight is 802 g/mol. The predicted molar refractivity (Wildman–Crippen MR) is 261 cm³/mol. The molecule has 10 aromatic rings. The van der Waals surface area contributed by atoms with E-state index < -0.39 is 10.8 Å². The molecule has 0 saturated heterocycles. The summed E-state index contributed by atoms with van der Waals surface area (Å²) in [6.45, 7) is 0. The normalized spacial score (nSPS) is 16.7. The lowest BCUT2D eigenvalue weighted by molar-refractivity contribution is 0.627. The molecule has 0 aliphatic heterocycles. The van der Waals surface area contributed by atoms with Gasteiger partial charge in [-0.3, -0.25) is 0 Å². The topological polar surface area (TPSA) is 3.24 Å². The summed E-state index contributed by atoms with van der Waals surface area (Å²) >= 11 is 0. The molecule has 1 heteroatoms. The molecule has 0 fully saturated rings. The Labute approximate surface area is 369 Å². The predicted octanol–water partition coefficient (Wildman–Crippen LogP) is 15.5. The lowest BCUT2D eigenvalue weighted by atomic mass is 9.51. The van der Waals surface area contributed by atoms with Crippen LogP contribution in [-0.4, -0.2) is 0 Å². The third-order valence-corrected chi connectivity index (χ3v) is 13.6. The Bertz CT molecular complexity index is 3210. The number of fused-ring (bicyclic) bond motifs is 5. The minimum absolute atomic E-state index is 0.502. The van der Waals surface area contributed by atoms with Gasteiger partial charge in [-0.2, -0.15) is 0 Å². The highest BCUT2D eigenvalue weighted by molar-refractivity contribution is 5.92. The lowest BCUT2D eigenvalue weighted by Gasteiger charge is -2.49. The minimum atomic E-state index is -0.664. The van der Waals surface area contributed by atoms with Crippen LogP contribution in [0.25, 0.3) is 33.4 Å². The number of benzene rings is 10. The van der Waals surface area contributed by atoms with E-state index in [0.29, 0.717) is 0 Å². The zero-order valence-electron chi connectivity index (χ0n) is 34.8. The smallest absolute Gasteiger partial charge is 0.0720 e. The summed E-state index contributed by atoms with van der Waals surface area (Å²) in [5.74, 6) is 0. The van der Waals surface area contributed by atoms with E-state index in [1.807, 2.05) is 0 Å². The standard InChI is InChI=1S/C62H43N/c1-6-22-44(23-7-1)46-40-47(45-24-8-2-9-25-45)42-53(41-46)63(51-31-14-5-15-32-51)52-33-20-30-50(43-52)61(48-26-10-3-11-27-48)57-37-18-19-38-58(57)62(49-28-12-4-13-29-49)56-36-17-16-34-54(56)55-35-21-39-59(61)60(55)62/h1-43H. The van der Waals surface area contributed by atoms with Crippen molar-refractivity contribution in [1.29, 1.82) is 0 Å². The van der Waals surface area contributed by atoms with Gasteiger partial charge in [0, 0.05) is 17.1 Å². The Kier molecular flexibility index (Phi) is 8.69. The first-order valence-corrected chi connectivity index (χ1v) is 21.9. The molecule has 2 aliphatic rings.